The van der Waals surface area contributed by atoms with Crippen molar-refractivity contribution in [3.05, 3.63) is 6.92 Å². The van der Waals surface area contributed by atoms with Gasteiger partial charge in [-0.1, -0.05) is 6.92 Å². The molecule has 2 nitrogen and oxygen atoms in total. The van der Waals surface area contributed by atoms with Crippen molar-refractivity contribution in [3.8, 4) is 0 Å². The molecule has 0 spiro atoms. The quantitative estimate of drug-likeness (QED) is 0.160. The van der Waals surface area contributed by atoms with Gasteiger partial charge in [0.15, 0.2) is 0 Å². The topological polar surface area (TPSA) is 15.6 Å². The summed E-state index contributed by atoms with van der Waals surface area (Å²) in [4.78, 5) is 0. The van der Waals surface area contributed by atoms with Crippen LogP contribution in [0.4, 0.5) is 0 Å². The van der Waals surface area contributed by atoms with Crippen molar-refractivity contribution in [1.82, 2.24) is 5.01 Å². The van der Waals surface area contributed by atoms with Crippen LogP contribution in [0.3, 0.4) is 0 Å². The van der Waals surface area contributed by atoms with Crippen LogP contribution in [0.25, 0.3) is 0 Å². The minimum Gasteiger partial charge on any atom is -0.359 e. The fourth-order valence-electron chi connectivity index (χ4n) is 0.341. The maximum Gasteiger partial charge on any atom is 1.00 e. The van der Waals surface area contributed by atoms with Gasteiger partial charge in [0.1, 0.15) is 0 Å². The van der Waals surface area contributed by atoms with Gasteiger partial charge in [-0.2, -0.15) is 0 Å². The Kier molecular flexibility index (Phi) is 6.88. The van der Waals surface area contributed by atoms with Crippen LogP contribution in [0.1, 0.15) is 6.92 Å². The number of nitrogens with zero attached hydrogens (tertiary/aromatic N) is 2. The second-order valence-electron chi connectivity index (χ2n) is 1.68. The van der Waals surface area contributed by atoms with E-state index in [1.165, 1.54) is 0 Å². The normalized spacial score (nSPS) is 10.1. The molecule has 0 heterocycles. The van der Waals surface area contributed by atoms with Crippen LogP contribution in [-0.4, -0.2) is 24.8 Å². The molecule has 0 atom stereocenters. The van der Waals surface area contributed by atoms with Crippen LogP contribution in [0.15, 0.2) is 5.10 Å². The summed E-state index contributed by atoms with van der Waals surface area (Å²) in [5.41, 5.74) is 0.838. The van der Waals surface area contributed by atoms with E-state index < -0.39 is 0 Å². The van der Waals surface area contributed by atoms with Crippen LogP contribution < -0.4 is 18.9 Å². The Morgan fingerprint density at radius 3 is 1.88 bits per heavy atom. The fourth-order valence-corrected chi connectivity index (χ4v) is 0.341. The van der Waals surface area contributed by atoms with E-state index in [9.17, 15) is 0 Å². The molecule has 0 aliphatic carbocycles. The molecule has 0 aromatic carbocycles. The molecule has 0 amide bonds. The third kappa shape index (κ3) is 9.34. The molecule has 8 heavy (non-hydrogen) atoms. The molecule has 0 bridgehead atoms. The van der Waals surface area contributed by atoms with Gasteiger partial charge in [0.05, 0.1) is 0 Å². The van der Waals surface area contributed by atoms with E-state index in [2.05, 4.69) is 12.0 Å². The number of hydrogen-bond donors (Lipinski definition) is 0. The van der Waals surface area contributed by atoms with E-state index in [0.717, 1.165) is 5.71 Å². The molecule has 0 saturated heterocycles. The molecule has 0 N–H and O–H groups in total. The molecule has 0 aromatic heterocycles. The number of rotatable bonds is 1. The summed E-state index contributed by atoms with van der Waals surface area (Å²) in [5.74, 6) is 0. The molecule has 42 valence electrons. The Morgan fingerprint density at radius 1 is 1.50 bits per heavy atom. The van der Waals surface area contributed by atoms with Gasteiger partial charge in [-0.05, 0) is 0 Å². The zero-order valence-corrected chi connectivity index (χ0v) is 6.10. The summed E-state index contributed by atoms with van der Waals surface area (Å²) in [7, 11) is 3.74. The summed E-state index contributed by atoms with van der Waals surface area (Å²) in [5, 5.41) is 5.64. The van der Waals surface area contributed by atoms with Crippen LogP contribution in [-0.2, 0) is 0 Å². The first-order valence-corrected chi connectivity index (χ1v) is 2.17. The molecule has 0 fully saturated rings. The van der Waals surface area contributed by atoms with E-state index in [4.69, 9.17) is 0 Å². The Hall–Kier alpha value is -0.0626. The van der Waals surface area contributed by atoms with E-state index >= 15 is 0 Å². The monoisotopic (exact) mass is 106 g/mol. The van der Waals surface area contributed by atoms with Gasteiger partial charge < -0.3 is 11.9 Å². The predicted octanol–water partition coefficient (Wildman–Crippen LogP) is -2.24. The third-order valence-corrected chi connectivity index (χ3v) is 0.371. The average molecular weight is 106 g/mol. The minimum atomic E-state index is 0. The van der Waals surface area contributed by atoms with Gasteiger partial charge in [0.2, 0.25) is 0 Å². The van der Waals surface area contributed by atoms with Crippen LogP contribution in [0, 0.1) is 6.92 Å². The Bertz CT molecular complexity index is 74.5. The van der Waals surface area contributed by atoms with Crippen molar-refractivity contribution < 1.29 is 18.9 Å². The minimum absolute atomic E-state index is 0. The Balaban J connectivity index is 0. The zero-order valence-electron chi connectivity index (χ0n) is 6.10. The summed E-state index contributed by atoms with van der Waals surface area (Å²) >= 11 is 0. The zero-order chi connectivity index (χ0) is 5.86. The van der Waals surface area contributed by atoms with Crippen LogP contribution >= 0.6 is 0 Å². The van der Waals surface area contributed by atoms with Crippen molar-refractivity contribution in [2.75, 3.05) is 14.1 Å². The first-order valence-electron chi connectivity index (χ1n) is 2.17. The standard InChI is InChI=1S/C5H11N2.Li/c1-5(2)6-7(3)4;/h1H2,2-4H3;/q-1;+1/b6-5+;. The van der Waals surface area contributed by atoms with Gasteiger partial charge in [-0.15, -0.1) is 5.71 Å². The predicted molar refractivity (Wildman–Crippen MR) is 32.2 cm³/mol. The first-order chi connectivity index (χ1) is 3.13. The molecule has 0 radical (unpaired) electrons. The maximum atomic E-state index is 3.92. The van der Waals surface area contributed by atoms with Gasteiger partial charge >= 0.3 is 18.9 Å². The maximum absolute atomic E-state index is 3.92. The number of hydrazone groups is 1. The number of hydrogen-bond acceptors (Lipinski definition) is 2. The van der Waals surface area contributed by atoms with E-state index in [1.807, 2.05) is 21.0 Å². The largest absolute Gasteiger partial charge is 1.00 e. The van der Waals surface area contributed by atoms with Crippen molar-refractivity contribution in [3.63, 3.8) is 0 Å². The molecule has 3 heteroatoms. The average Bonchev–Trinajstić information content (AvgIpc) is 1.27. The van der Waals surface area contributed by atoms with Gasteiger partial charge in [-0.3, -0.25) is 0 Å². The second kappa shape index (κ2) is 5.08. The Labute approximate surface area is 63.1 Å². The Morgan fingerprint density at radius 2 is 1.88 bits per heavy atom. The molecule has 0 saturated carbocycles. The van der Waals surface area contributed by atoms with Crippen molar-refractivity contribution in [1.29, 1.82) is 0 Å². The van der Waals surface area contributed by atoms with Gasteiger partial charge in [0.25, 0.3) is 0 Å². The smallest absolute Gasteiger partial charge is 0.359 e. The summed E-state index contributed by atoms with van der Waals surface area (Å²) < 4.78 is 0. The first kappa shape index (κ1) is 10.8. The molecule has 0 rings (SSSR count). The van der Waals surface area contributed by atoms with E-state index in [1.54, 1.807) is 5.01 Å². The summed E-state index contributed by atoms with van der Waals surface area (Å²) in [6.45, 7) is 5.45. The van der Waals surface area contributed by atoms with Crippen LogP contribution in [0.5, 0.6) is 0 Å². The molecular formula is C5H11LiN2. The van der Waals surface area contributed by atoms with E-state index in [0.29, 0.717) is 0 Å². The van der Waals surface area contributed by atoms with Crippen molar-refractivity contribution >= 4 is 5.71 Å². The molecule has 0 aliphatic rings. The van der Waals surface area contributed by atoms with Crippen LogP contribution in [0.2, 0.25) is 0 Å². The van der Waals surface area contributed by atoms with Crippen molar-refractivity contribution in [2.24, 2.45) is 5.10 Å². The molecular weight excluding hydrogens is 95.0 g/mol. The third-order valence-electron chi connectivity index (χ3n) is 0.371. The second-order valence-corrected chi connectivity index (χ2v) is 1.68. The molecule has 0 aliphatic heterocycles. The van der Waals surface area contributed by atoms with Gasteiger partial charge in [-0.25, -0.2) is 5.10 Å². The molecule has 0 unspecified atom stereocenters. The SMILES string of the molecule is [CH2-]/C(C)=N\N(C)C.[Li+]. The van der Waals surface area contributed by atoms with E-state index in [-0.39, 0.29) is 18.9 Å². The summed E-state index contributed by atoms with van der Waals surface area (Å²) in [6.07, 6.45) is 0. The fraction of sp³-hybridized carbons (Fsp3) is 0.600. The molecule has 0 aromatic rings. The van der Waals surface area contributed by atoms with Crippen molar-refractivity contribution in [2.45, 2.75) is 6.92 Å². The van der Waals surface area contributed by atoms with Gasteiger partial charge in [0, 0.05) is 14.1 Å². The summed E-state index contributed by atoms with van der Waals surface area (Å²) in [6, 6.07) is 0.